The van der Waals surface area contributed by atoms with Crippen LogP contribution in [-0.4, -0.2) is 45.1 Å². The van der Waals surface area contributed by atoms with Crippen LogP contribution >= 0.6 is 15.9 Å². The summed E-state index contributed by atoms with van der Waals surface area (Å²) in [6, 6.07) is 1.69. The monoisotopic (exact) mass is 418 g/mol. The Morgan fingerprint density at radius 1 is 1.40 bits per heavy atom. The van der Waals surface area contributed by atoms with E-state index in [-0.39, 0.29) is 18.8 Å². The zero-order chi connectivity index (χ0) is 18.0. The molecule has 1 saturated carbocycles. The Bertz CT molecular complexity index is 719. The minimum absolute atomic E-state index is 0.137. The molecule has 2 aromatic rings. The average Bonchev–Trinajstić information content (AvgIpc) is 2.90. The zero-order valence-corrected chi connectivity index (χ0v) is 15.4. The molecular formula is C16H21BrF2N4O2. The van der Waals surface area contributed by atoms with Gasteiger partial charge in [-0.2, -0.15) is 8.78 Å². The quantitative estimate of drug-likeness (QED) is 0.750. The highest BCUT2D eigenvalue weighted by atomic mass is 79.9. The smallest absolute Gasteiger partial charge is 0.345 e. The van der Waals surface area contributed by atoms with Crippen LogP contribution in [0.15, 0.2) is 16.7 Å². The predicted octanol–water partition coefficient (Wildman–Crippen LogP) is 3.55. The summed E-state index contributed by atoms with van der Waals surface area (Å²) in [4.78, 5) is 4.25. The molecule has 3 rings (SSSR count). The highest BCUT2D eigenvalue weighted by Crippen LogP contribution is 2.36. The van der Waals surface area contributed by atoms with Crippen LogP contribution in [0.5, 0.6) is 0 Å². The lowest BCUT2D eigenvalue weighted by Crippen LogP contribution is -2.25. The summed E-state index contributed by atoms with van der Waals surface area (Å²) in [5, 5.41) is 17.2. The lowest BCUT2D eigenvalue weighted by atomic mass is 9.85. The number of anilines is 1. The van der Waals surface area contributed by atoms with E-state index in [9.17, 15) is 13.9 Å². The van der Waals surface area contributed by atoms with Gasteiger partial charge in [0.2, 0.25) is 5.95 Å². The minimum Gasteiger partial charge on any atom is -0.393 e. The fourth-order valence-corrected chi connectivity index (χ4v) is 3.69. The van der Waals surface area contributed by atoms with Crippen LogP contribution in [0.2, 0.25) is 0 Å². The fraction of sp³-hybridized carbons (Fsp3) is 0.625. The molecule has 1 fully saturated rings. The molecule has 1 atom stereocenters. The van der Waals surface area contributed by atoms with Gasteiger partial charge < -0.3 is 15.2 Å². The van der Waals surface area contributed by atoms with Crippen molar-refractivity contribution in [3.63, 3.8) is 0 Å². The number of aliphatic hydroxyl groups is 1. The lowest BCUT2D eigenvalue weighted by molar-refractivity contribution is -0.130. The molecule has 1 aliphatic rings. The number of halogens is 3. The van der Waals surface area contributed by atoms with Gasteiger partial charge >= 0.3 is 6.61 Å². The molecule has 0 amide bonds. The lowest BCUT2D eigenvalue weighted by Gasteiger charge is -2.25. The molecule has 0 unspecified atom stereocenters. The number of hydrogen-bond acceptors (Lipinski definition) is 5. The van der Waals surface area contributed by atoms with Crippen molar-refractivity contribution in [2.75, 3.05) is 11.9 Å². The molecule has 0 aliphatic heterocycles. The van der Waals surface area contributed by atoms with E-state index in [1.54, 1.807) is 13.1 Å². The summed E-state index contributed by atoms with van der Waals surface area (Å²) >= 11 is 3.54. The van der Waals surface area contributed by atoms with E-state index in [0.29, 0.717) is 11.9 Å². The molecule has 0 saturated heterocycles. The Kier molecular flexibility index (Phi) is 5.85. The normalized spacial score (nSPS) is 22.5. The molecular weight excluding hydrogens is 398 g/mol. The maximum absolute atomic E-state index is 12.1. The third-order valence-corrected chi connectivity index (χ3v) is 5.09. The second-order valence-corrected chi connectivity index (χ2v) is 7.30. The number of hydrogen-bond donors (Lipinski definition) is 2. The van der Waals surface area contributed by atoms with Gasteiger partial charge in [-0.15, -0.1) is 5.10 Å². The molecule has 1 aliphatic carbocycles. The molecule has 2 heterocycles. The van der Waals surface area contributed by atoms with Crippen molar-refractivity contribution in [1.29, 1.82) is 0 Å². The molecule has 25 heavy (non-hydrogen) atoms. The van der Waals surface area contributed by atoms with Crippen LogP contribution in [0, 0.1) is 0 Å². The second kappa shape index (κ2) is 7.92. The van der Waals surface area contributed by atoms with Gasteiger partial charge in [-0.1, -0.05) is 0 Å². The van der Waals surface area contributed by atoms with Gasteiger partial charge in [0.1, 0.15) is 0 Å². The van der Waals surface area contributed by atoms with E-state index < -0.39 is 6.61 Å². The van der Waals surface area contributed by atoms with Crippen molar-refractivity contribution in [1.82, 2.24) is 14.6 Å². The standard InChI is InChI=1S/C16H21BrF2N4O2/c1-9(8-25-15(18)19)21-16-20-7-14-12(17)6-13(23(14)22-16)10-2-4-11(24)5-3-10/h6-7,9-11,15,24H,2-5,8H2,1H3,(H,21,22)/t9-,10-,11-/m0/s1. The zero-order valence-electron chi connectivity index (χ0n) is 13.8. The number of aliphatic hydroxyl groups excluding tert-OH is 1. The van der Waals surface area contributed by atoms with Crippen molar-refractivity contribution in [2.45, 2.75) is 57.3 Å². The van der Waals surface area contributed by atoms with Crippen LogP contribution in [-0.2, 0) is 4.74 Å². The number of fused-ring (bicyclic) bond motifs is 1. The van der Waals surface area contributed by atoms with Crippen LogP contribution in [0.3, 0.4) is 0 Å². The number of aromatic nitrogens is 3. The average molecular weight is 419 g/mol. The van der Waals surface area contributed by atoms with Crippen molar-refractivity contribution in [3.8, 4) is 0 Å². The fourth-order valence-electron chi connectivity index (χ4n) is 3.18. The summed E-state index contributed by atoms with van der Waals surface area (Å²) < 4.78 is 31.3. The molecule has 2 aromatic heterocycles. The van der Waals surface area contributed by atoms with Gasteiger partial charge in [0.25, 0.3) is 0 Å². The summed E-state index contributed by atoms with van der Waals surface area (Å²) in [7, 11) is 0. The van der Waals surface area contributed by atoms with Gasteiger partial charge in [-0.25, -0.2) is 9.50 Å². The number of nitrogens with zero attached hydrogens (tertiary/aromatic N) is 3. The van der Waals surface area contributed by atoms with Gasteiger partial charge in [-0.05, 0) is 54.6 Å². The van der Waals surface area contributed by atoms with Gasteiger partial charge in [0, 0.05) is 22.1 Å². The molecule has 0 spiro atoms. The van der Waals surface area contributed by atoms with Crippen molar-refractivity contribution < 1.29 is 18.6 Å². The third-order valence-electron chi connectivity index (χ3n) is 4.46. The van der Waals surface area contributed by atoms with E-state index >= 15 is 0 Å². The molecule has 2 N–H and O–H groups in total. The first kappa shape index (κ1) is 18.5. The molecule has 0 aromatic carbocycles. The van der Waals surface area contributed by atoms with Crippen LogP contribution in [0.4, 0.5) is 14.7 Å². The Labute approximate surface area is 152 Å². The Balaban J connectivity index is 1.80. The third kappa shape index (κ3) is 4.45. The van der Waals surface area contributed by atoms with Crippen molar-refractivity contribution in [2.24, 2.45) is 0 Å². The van der Waals surface area contributed by atoms with E-state index in [1.807, 2.05) is 10.6 Å². The van der Waals surface area contributed by atoms with Crippen LogP contribution < -0.4 is 5.32 Å². The molecule has 0 bridgehead atoms. The van der Waals surface area contributed by atoms with E-state index in [4.69, 9.17) is 0 Å². The van der Waals surface area contributed by atoms with Crippen molar-refractivity contribution in [3.05, 3.63) is 22.4 Å². The molecule has 9 heteroatoms. The summed E-state index contributed by atoms with van der Waals surface area (Å²) in [6.45, 7) is -1.20. The molecule has 138 valence electrons. The maximum Gasteiger partial charge on any atom is 0.345 e. The Morgan fingerprint density at radius 3 is 2.80 bits per heavy atom. The van der Waals surface area contributed by atoms with Gasteiger partial charge in [-0.3, -0.25) is 0 Å². The van der Waals surface area contributed by atoms with Gasteiger partial charge in [0.05, 0.1) is 24.4 Å². The molecule has 0 radical (unpaired) electrons. The minimum atomic E-state index is -2.79. The highest BCUT2D eigenvalue weighted by Gasteiger charge is 2.24. The van der Waals surface area contributed by atoms with E-state index in [0.717, 1.165) is 41.4 Å². The van der Waals surface area contributed by atoms with E-state index in [1.165, 1.54) is 0 Å². The second-order valence-electron chi connectivity index (χ2n) is 6.44. The molecule has 6 nitrogen and oxygen atoms in total. The number of ether oxygens (including phenoxy) is 1. The first-order chi connectivity index (χ1) is 11.9. The largest absolute Gasteiger partial charge is 0.393 e. The predicted molar refractivity (Wildman–Crippen MR) is 92.9 cm³/mol. The Hall–Kier alpha value is -1.32. The topological polar surface area (TPSA) is 71.7 Å². The highest BCUT2D eigenvalue weighted by molar-refractivity contribution is 9.10. The number of nitrogens with one attached hydrogen (secondary N) is 1. The summed E-state index contributed by atoms with van der Waals surface area (Å²) in [5.41, 5.74) is 1.92. The maximum atomic E-state index is 12.1. The van der Waals surface area contributed by atoms with Crippen LogP contribution in [0.1, 0.15) is 44.2 Å². The van der Waals surface area contributed by atoms with Gasteiger partial charge in [0.15, 0.2) is 0 Å². The Morgan fingerprint density at radius 2 is 2.12 bits per heavy atom. The number of alkyl halides is 2. The summed E-state index contributed by atoms with van der Waals surface area (Å²) in [6.07, 6.45) is 4.87. The van der Waals surface area contributed by atoms with E-state index in [2.05, 4.69) is 36.1 Å². The van der Waals surface area contributed by atoms with Crippen LogP contribution in [0.25, 0.3) is 5.52 Å². The number of rotatable bonds is 6. The van der Waals surface area contributed by atoms with Crippen molar-refractivity contribution >= 4 is 27.4 Å². The summed E-state index contributed by atoms with van der Waals surface area (Å²) in [5.74, 6) is 0.683. The first-order valence-electron chi connectivity index (χ1n) is 8.32. The first-order valence-corrected chi connectivity index (χ1v) is 9.12. The SMILES string of the molecule is C[C@@H](COC(F)F)Nc1ncc2c(Br)cc([C@H]3CC[C@H](O)CC3)n2n1.